The number of hydrogen-bond acceptors (Lipinski definition) is 7. The monoisotopic (exact) mass is 990 g/mol. The Morgan fingerprint density at radius 2 is 0.571 bits per heavy atom. The van der Waals surface area contributed by atoms with Crippen molar-refractivity contribution in [2.75, 3.05) is 33.9 Å². The standard InChI is InChI=1S/C63H123NO6/c1-7-11-15-19-31-39-48-58(46-37-17-13-9-3)56-68-61(65)52-43-35-29-25-21-23-27-33-41-50-60(70-63(67)54-45-55-64(5)6)51-42-34-28-24-22-26-30-36-44-53-62(66)69-57-59(47-38-18-14-10-4)49-40-32-20-16-12-8-2/h58-60H,7-57H2,1-6H3. The van der Waals surface area contributed by atoms with Crippen LogP contribution in [0.15, 0.2) is 0 Å². The minimum absolute atomic E-state index is 0.0126. The summed E-state index contributed by atoms with van der Waals surface area (Å²) in [4.78, 5) is 40.0. The summed E-state index contributed by atoms with van der Waals surface area (Å²) in [7, 11) is 4.11. The molecule has 7 heteroatoms. The van der Waals surface area contributed by atoms with Crippen LogP contribution in [-0.4, -0.2) is 62.8 Å². The predicted octanol–water partition coefficient (Wildman–Crippen LogP) is 19.6. The lowest BCUT2D eigenvalue weighted by molar-refractivity contribution is -0.150. The van der Waals surface area contributed by atoms with Gasteiger partial charge in [0.15, 0.2) is 0 Å². The number of ether oxygens (including phenoxy) is 3. The van der Waals surface area contributed by atoms with Crippen LogP contribution in [0, 0.1) is 11.8 Å². The van der Waals surface area contributed by atoms with Gasteiger partial charge in [0.25, 0.3) is 0 Å². The molecular formula is C63H123NO6. The summed E-state index contributed by atoms with van der Waals surface area (Å²) < 4.78 is 17.7. The molecule has 2 unspecified atom stereocenters. The van der Waals surface area contributed by atoms with Gasteiger partial charge in [-0.15, -0.1) is 0 Å². The zero-order chi connectivity index (χ0) is 51.2. The summed E-state index contributed by atoms with van der Waals surface area (Å²) in [5.74, 6) is 1.08. The van der Waals surface area contributed by atoms with Crippen LogP contribution in [-0.2, 0) is 28.6 Å². The fourth-order valence-electron chi connectivity index (χ4n) is 10.1. The largest absolute Gasteiger partial charge is 0.465 e. The second-order valence-corrected chi connectivity index (χ2v) is 22.4. The first kappa shape index (κ1) is 68.4. The first-order valence-corrected chi connectivity index (χ1v) is 31.4. The quantitative estimate of drug-likeness (QED) is 0.0341. The van der Waals surface area contributed by atoms with Crippen molar-refractivity contribution in [2.45, 2.75) is 342 Å². The molecule has 0 aromatic heterocycles. The van der Waals surface area contributed by atoms with Crippen LogP contribution in [0.5, 0.6) is 0 Å². The average Bonchev–Trinajstić information content (AvgIpc) is 3.34. The maximum absolute atomic E-state index is 12.7. The Bertz CT molecular complexity index is 1030. The van der Waals surface area contributed by atoms with E-state index in [-0.39, 0.29) is 24.0 Å². The van der Waals surface area contributed by atoms with Crippen molar-refractivity contribution in [1.29, 1.82) is 0 Å². The number of unbranched alkanes of at least 4 members (excludes halogenated alkanes) is 32. The lowest BCUT2D eigenvalue weighted by Crippen LogP contribution is -2.20. The van der Waals surface area contributed by atoms with E-state index in [1.807, 2.05) is 0 Å². The van der Waals surface area contributed by atoms with Crippen LogP contribution in [0.2, 0.25) is 0 Å². The lowest BCUT2D eigenvalue weighted by Gasteiger charge is -2.18. The number of carbonyl (C=O) groups is 3. The molecule has 0 aromatic carbocycles. The summed E-state index contributed by atoms with van der Waals surface area (Å²) >= 11 is 0. The number of esters is 3. The number of hydrogen-bond donors (Lipinski definition) is 0. The highest BCUT2D eigenvalue weighted by Crippen LogP contribution is 2.23. The van der Waals surface area contributed by atoms with Gasteiger partial charge in [0.2, 0.25) is 0 Å². The maximum atomic E-state index is 12.7. The Kier molecular flexibility index (Phi) is 53.8. The van der Waals surface area contributed by atoms with Crippen molar-refractivity contribution in [3.8, 4) is 0 Å². The fourth-order valence-corrected chi connectivity index (χ4v) is 10.1. The van der Waals surface area contributed by atoms with E-state index in [1.54, 1.807) is 0 Å². The Balaban J connectivity index is 4.24. The van der Waals surface area contributed by atoms with E-state index >= 15 is 0 Å². The molecule has 0 spiro atoms. The molecule has 0 rings (SSSR count). The van der Waals surface area contributed by atoms with E-state index in [0.29, 0.717) is 44.3 Å². The molecule has 0 heterocycles. The Morgan fingerprint density at radius 1 is 0.314 bits per heavy atom. The highest BCUT2D eigenvalue weighted by Gasteiger charge is 2.16. The van der Waals surface area contributed by atoms with Gasteiger partial charge in [-0.2, -0.15) is 0 Å². The minimum atomic E-state index is -0.0237. The second kappa shape index (κ2) is 55.1. The topological polar surface area (TPSA) is 82.1 Å². The molecule has 2 atom stereocenters. The Hall–Kier alpha value is -1.63. The smallest absolute Gasteiger partial charge is 0.306 e. The lowest BCUT2D eigenvalue weighted by atomic mass is 9.95. The van der Waals surface area contributed by atoms with Gasteiger partial charge in [0.1, 0.15) is 6.10 Å². The van der Waals surface area contributed by atoms with Crippen LogP contribution < -0.4 is 0 Å². The van der Waals surface area contributed by atoms with Gasteiger partial charge in [-0.3, -0.25) is 14.4 Å². The van der Waals surface area contributed by atoms with Crippen molar-refractivity contribution in [1.82, 2.24) is 4.90 Å². The zero-order valence-electron chi connectivity index (χ0n) is 48.2. The third-order valence-electron chi connectivity index (χ3n) is 14.9. The van der Waals surface area contributed by atoms with Crippen LogP contribution in [0.3, 0.4) is 0 Å². The van der Waals surface area contributed by atoms with Crippen LogP contribution >= 0.6 is 0 Å². The maximum Gasteiger partial charge on any atom is 0.306 e. The Morgan fingerprint density at radius 3 is 0.886 bits per heavy atom. The molecule has 0 aliphatic heterocycles. The molecule has 0 N–H and O–H groups in total. The van der Waals surface area contributed by atoms with E-state index in [9.17, 15) is 14.4 Å². The van der Waals surface area contributed by atoms with Crippen molar-refractivity contribution >= 4 is 17.9 Å². The van der Waals surface area contributed by atoms with E-state index in [1.165, 1.54) is 231 Å². The number of carbonyl (C=O) groups excluding carboxylic acids is 3. The molecule has 0 radical (unpaired) electrons. The van der Waals surface area contributed by atoms with Gasteiger partial charge in [0.05, 0.1) is 13.2 Å². The predicted molar refractivity (Wildman–Crippen MR) is 302 cm³/mol. The SMILES string of the molecule is CCCCCCCCC(CCCCCC)COC(=O)CCCCCCCCCCCC(CCCCCCCCCCCC(=O)OCC(CCCCCC)CCCCCCCC)OC(=O)CCCN(C)C. The molecule has 70 heavy (non-hydrogen) atoms. The molecule has 7 nitrogen and oxygen atoms in total. The van der Waals surface area contributed by atoms with Crippen molar-refractivity contribution in [3.63, 3.8) is 0 Å². The zero-order valence-corrected chi connectivity index (χ0v) is 48.2. The molecule has 0 bridgehead atoms. The second-order valence-electron chi connectivity index (χ2n) is 22.4. The van der Waals surface area contributed by atoms with Crippen LogP contribution in [0.1, 0.15) is 336 Å². The molecule has 0 aliphatic carbocycles. The molecular weight excluding hydrogens is 867 g/mol. The highest BCUT2D eigenvalue weighted by atomic mass is 16.5. The van der Waals surface area contributed by atoms with Crippen molar-refractivity contribution in [2.24, 2.45) is 11.8 Å². The molecule has 0 amide bonds. The molecule has 416 valence electrons. The van der Waals surface area contributed by atoms with E-state index in [2.05, 4.69) is 46.7 Å². The van der Waals surface area contributed by atoms with Gasteiger partial charge in [0, 0.05) is 19.3 Å². The van der Waals surface area contributed by atoms with E-state index in [0.717, 1.165) is 64.3 Å². The molecule has 0 saturated heterocycles. The third kappa shape index (κ3) is 51.3. The summed E-state index contributed by atoms with van der Waals surface area (Å²) in [5, 5.41) is 0. The van der Waals surface area contributed by atoms with Crippen molar-refractivity contribution in [3.05, 3.63) is 0 Å². The fraction of sp³-hybridized carbons (Fsp3) is 0.952. The van der Waals surface area contributed by atoms with Gasteiger partial charge < -0.3 is 19.1 Å². The molecule has 0 saturated carbocycles. The summed E-state index contributed by atoms with van der Waals surface area (Å²) in [6.07, 6.45) is 56.8. The van der Waals surface area contributed by atoms with E-state index < -0.39 is 0 Å². The average molecular weight is 991 g/mol. The van der Waals surface area contributed by atoms with Gasteiger partial charge in [-0.25, -0.2) is 0 Å². The first-order chi connectivity index (χ1) is 34.2. The molecule has 0 aromatic rings. The number of rotatable bonds is 57. The highest BCUT2D eigenvalue weighted by molar-refractivity contribution is 5.70. The molecule has 0 aliphatic rings. The number of nitrogens with zero attached hydrogens (tertiary/aromatic N) is 1. The van der Waals surface area contributed by atoms with E-state index in [4.69, 9.17) is 14.2 Å². The van der Waals surface area contributed by atoms with Gasteiger partial charge in [-0.05, 0) is 103 Å². The normalized spacial score (nSPS) is 12.9. The summed E-state index contributed by atoms with van der Waals surface area (Å²) in [6.45, 7) is 11.3. The molecule has 0 fully saturated rings. The third-order valence-corrected chi connectivity index (χ3v) is 14.9. The first-order valence-electron chi connectivity index (χ1n) is 31.4. The van der Waals surface area contributed by atoms with Crippen LogP contribution in [0.4, 0.5) is 0 Å². The van der Waals surface area contributed by atoms with Crippen molar-refractivity contribution < 1.29 is 28.6 Å². The Labute approximate surface area is 437 Å². The summed E-state index contributed by atoms with van der Waals surface area (Å²) in [6, 6.07) is 0. The minimum Gasteiger partial charge on any atom is -0.465 e. The summed E-state index contributed by atoms with van der Waals surface area (Å²) in [5.41, 5.74) is 0. The van der Waals surface area contributed by atoms with Crippen LogP contribution in [0.25, 0.3) is 0 Å². The van der Waals surface area contributed by atoms with Gasteiger partial charge in [-0.1, -0.05) is 246 Å². The van der Waals surface area contributed by atoms with Gasteiger partial charge >= 0.3 is 17.9 Å².